The van der Waals surface area contributed by atoms with Crippen molar-refractivity contribution in [3.8, 4) is 0 Å². The molecule has 1 fully saturated rings. The fraction of sp³-hybridized carbons (Fsp3) is 0.238. The molecule has 1 aliphatic rings. The summed E-state index contributed by atoms with van der Waals surface area (Å²) in [4.78, 5) is 17.1. The van der Waals surface area contributed by atoms with Crippen molar-refractivity contribution in [3.63, 3.8) is 0 Å². The van der Waals surface area contributed by atoms with E-state index in [1.165, 1.54) is 16.4 Å². The molecule has 6 nitrogen and oxygen atoms in total. The first-order valence-electron chi connectivity index (χ1n) is 9.46. The van der Waals surface area contributed by atoms with E-state index in [1.54, 1.807) is 12.3 Å². The zero-order valence-electron chi connectivity index (χ0n) is 15.9. The van der Waals surface area contributed by atoms with Crippen LogP contribution in [0.1, 0.15) is 12.8 Å². The topological polar surface area (TPSA) is 79.4 Å². The molecular weight excluding hydrogens is 445 g/mol. The Labute approximate surface area is 184 Å². The zero-order valence-corrected chi connectivity index (χ0v) is 18.2. The molecule has 1 amide bonds. The predicted molar refractivity (Wildman–Crippen MR) is 118 cm³/mol. The molecule has 0 aliphatic carbocycles. The number of piperidine rings is 1. The number of rotatable bonds is 4. The molecule has 1 saturated heterocycles. The van der Waals surface area contributed by atoms with Crippen molar-refractivity contribution in [2.45, 2.75) is 17.7 Å². The van der Waals surface area contributed by atoms with Crippen LogP contribution in [0.5, 0.6) is 0 Å². The average Bonchev–Trinajstić information content (AvgIpc) is 2.74. The van der Waals surface area contributed by atoms with Gasteiger partial charge in [0.1, 0.15) is 4.90 Å². The number of nitrogens with zero attached hydrogens (tertiary/aromatic N) is 2. The van der Waals surface area contributed by atoms with Gasteiger partial charge < -0.3 is 5.32 Å². The van der Waals surface area contributed by atoms with Crippen LogP contribution in [0.2, 0.25) is 10.0 Å². The van der Waals surface area contributed by atoms with Crippen molar-refractivity contribution in [3.05, 3.63) is 64.8 Å². The number of hydrogen-bond donors (Lipinski definition) is 1. The second-order valence-corrected chi connectivity index (χ2v) is 9.79. The Morgan fingerprint density at radius 2 is 1.63 bits per heavy atom. The number of amides is 1. The van der Waals surface area contributed by atoms with Gasteiger partial charge in [0.25, 0.3) is 0 Å². The molecule has 1 aliphatic heterocycles. The highest BCUT2D eigenvalue weighted by Gasteiger charge is 2.34. The van der Waals surface area contributed by atoms with E-state index in [9.17, 15) is 13.2 Å². The third kappa shape index (κ3) is 4.03. The highest BCUT2D eigenvalue weighted by Crippen LogP contribution is 2.33. The van der Waals surface area contributed by atoms with Crippen LogP contribution < -0.4 is 5.32 Å². The maximum absolute atomic E-state index is 13.0. The van der Waals surface area contributed by atoms with Crippen LogP contribution in [0.3, 0.4) is 0 Å². The minimum absolute atomic E-state index is 0.0851. The Kier molecular flexibility index (Phi) is 5.97. The lowest BCUT2D eigenvalue weighted by atomic mass is 9.97. The molecule has 4 rings (SSSR count). The summed E-state index contributed by atoms with van der Waals surface area (Å²) in [5.74, 6) is -0.432. The SMILES string of the molecule is O=C(Nc1cccc2cccnc12)C1CCN(S(=O)(=O)c2c(Cl)cccc2Cl)CC1. The third-order valence-electron chi connectivity index (χ3n) is 5.23. The maximum Gasteiger partial charge on any atom is 0.246 e. The van der Waals surface area contributed by atoms with Gasteiger partial charge >= 0.3 is 0 Å². The van der Waals surface area contributed by atoms with Crippen molar-refractivity contribution in [2.75, 3.05) is 18.4 Å². The first-order chi connectivity index (χ1) is 14.4. The summed E-state index contributed by atoms with van der Waals surface area (Å²) >= 11 is 12.2. The van der Waals surface area contributed by atoms with Crippen LogP contribution in [0.4, 0.5) is 5.69 Å². The molecule has 0 unspecified atom stereocenters. The first-order valence-corrected chi connectivity index (χ1v) is 11.7. The zero-order chi connectivity index (χ0) is 21.3. The van der Waals surface area contributed by atoms with Crippen molar-refractivity contribution in [1.29, 1.82) is 0 Å². The summed E-state index contributed by atoms with van der Waals surface area (Å²) < 4.78 is 27.3. The van der Waals surface area contributed by atoms with Crippen LogP contribution in [0, 0.1) is 5.92 Å². The van der Waals surface area contributed by atoms with Gasteiger partial charge in [-0.25, -0.2) is 8.42 Å². The molecule has 0 bridgehead atoms. The largest absolute Gasteiger partial charge is 0.324 e. The van der Waals surface area contributed by atoms with E-state index >= 15 is 0 Å². The lowest BCUT2D eigenvalue weighted by Gasteiger charge is -2.31. The summed E-state index contributed by atoms with van der Waals surface area (Å²) in [5.41, 5.74) is 1.37. The van der Waals surface area contributed by atoms with Gasteiger partial charge in [0.15, 0.2) is 0 Å². The van der Waals surface area contributed by atoms with Gasteiger partial charge in [-0.2, -0.15) is 4.31 Å². The number of pyridine rings is 1. The molecule has 3 aromatic rings. The smallest absolute Gasteiger partial charge is 0.246 e. The summed E-state index contributed by atoms with van der Waals surface area (Å²) in [6.45, 7) is 0.436. The molecule has 2 aromatic carbocycles. The van der Waals surface area contributed by atoms with E-state index in [0.717, 1.165) is 10.9 Å². The van der Waals surface area contributed by atoms with Crippen LogP contribution in [0.25, 0.3) is 10.9 Å². The summed E-state index contributed by atoms with van der Waals surface area (Å²) in [6, 6.07) is 14.0. The van der Waals surface area contributed by atoms with Gasteiger partial charge in [0, 0.05) is 30.6 Å². The fourth-order valence-electron chi connectivity index (χ4n) is 3.66. The summed E-state index contributed by atoms with van der Waals surface area (Å²) in [5, 5.41) is 4.06. The number of aromatic nitrogens is 1. The monoisotopic (exact) mass is 463 g/mol. The second-order valence-electron chi connectivity index (χ2n) is 7.10. The van der Waals surface area contributed by atoms with E-state index in [0.29, 0.717) is 18.5 Å². The maximum atomic E-state index is 13.0. The Bertz CT molecular complexity index is 1180. The predicted octanol–water partition coefficient (Wildman–Crippen LogP) is 4.58. The number of benzene rings is 2. The number of carbonyl (C=O) groups excluding carboxylic acids is 1. The molecule has 2 heterocycles. The molecular formula is C21H19Cl2N3O3S. The Balaban J connectivity index is 1.46. The first kappa shape index (κ1) is 21.1. The summed E-state index contributed by atoms with van der Waals surface area (Å²) in [7, 11) is -3.83. The van der Waals surface area contributed by atoms with Crippen LogP contribution >= 0.6 is 23.2 Å². The van der Waals surface area contributed by atoms with Crippen molar-refractivity contribution >= 4 is 55.7 Å². The molecule has 0 saturated carbocycles. The van der Waals surface area contributed by atoms with E-state index in [1.807, 2.05) is 30.3 Å². The number of carbonyl (C=O) groups is 1. The quantitative estimate of drug-likeness (QED) is 0.613. The minimum atomic E-state index is -3.83. The molecule has 30 heavy (non-hydrogen) atoms. The number of sulfonamides is 1. The molecule has 0 spiro atoms. The molecule has 1 aromatic heterocycles. The van der Waals surface area contributed by atoms with Crippen molar-refractivity contribution in [1.82, 2.24) is 9.29 Å². The fourth-order valence-corrected chi connectivity index (χ4v) is 6.22. The highest BCUT2D eigenvalue weighted by molar-refractivity contribution is 7.89. The van der Waals surface area contributed by atoms with Crippen molar-refractivity contribution < 1.29 is 13.2 Å². The van der Waals surface area contributed by atoms with E-state index in [4.69, 9.17) is 23.2 Å². The second kappa shape index (κ2) is 8.51. The van der Waals surface area contributed by atoms with Crippen LogP contribution in [0.15, 0.2) is 59.6 Å². The number of para-hydroxylation sites is 1. The van der Waals surface area contributed by atoms with E-state index in [2.05, 4.69) is 10.3 Å². The lowest BCUT2D eigenvalue weighted by molar-refractivity contribution is -0.120. The van der Waals surface area contributed by atoms with Gasteiger partial charge in [-0.05, 0) is 37.1 Å². The standard InChI is InChI=1S/C21H19Cl2N3O3S/c22-16-6-2-7-17(23)20(16)30(28,29)26-12-9-15(10-13-26)21(27)25-18-8-1-4-14-5-3-11-24-19(14)18/h1-8,11,15H,9-10,12-13H2,(H,25,27). The normalized spacial score (nSPS) is 15.9. The number of fused-ring (bicyclic) bond motifs is 1. The van der Waals surface area contributed by atoms with Crippen molar-refractivity contribution in [2.24, 2.45) is 5.92 Å². The Morgan fingerprint density at radius 3 is 2.33 bits per heavy atom. The molecule has 156 valence electrons. The van der Waals surface area contributed by atoms with Gasteiger partial charge in [0.05, 0.1) is 21.2 Å². The third-order valence-corrected chi connectivity index (χ3v) is 8.09. The molecule has 1 N–H and O–H groups in total. The lowest BCUT2D eigenvalue weighted by Crippen LogP contribution is -2.41. The molecule has 0 atom stereocenters. The summed E-state index contributed by atoms with van der Waals surface area (Å²) in [6.07, 6.45) is 2.50. The van der Waals surface area contributed by atoms with Crippen LogP contribution in [-0.2, 0) is 14.8 Å². The molecule has 0 radical (unpaired) electrons. The highest BCUT2D eigenvalue weighted by atomic mass is 35.5. The van der Waals surface area contributed by atoms with E-state index < -0.39 is 10.0 Å². The Morgan fingerprint density at radius 1 is 1.00 bits per heavy atom. The van der Waals surface area contributed by atoms with E-state index in [-0.39, 0.29) is 39.9 Å². The molecule has 9 heteroatoms. The number of anilines is 1. The average molecular weight is 464 g/mol. The Hall–Kier alpha value is -2.19. The van der Waals surface area contributed by atoms with Gasteiger partial charge in [-0.15, -0.1) is 0 Å². The minimum Gasteiger partial charge on any atom is -0.324 e. The van der Waals surface area contributed by atoms with Gasteiger partial charge in [0.2, 0.25) is 15.9 Å². The van der Waals surface area contributed by atoms with Crippen LogP contribution in [-0.4, -0.2) is 36.7 Å². The number of halogens is 2. The number of hydrogen-bond acceptors (Lipinski definition) is 4. The number of nitrogens with one attached hydrogen (secondary N) is 1. The van der Waals surface area contributed by atoms with Gasteiger partial charge in [-0.1, -0.05) is 47.5 Å². The van der Waals surface area contributed by atoms with Gasteiger partial charge in [-0.3, -0.25) is 9.78 Å².